The predicted octanol–water partition coefficient (Wildman–Crippen LogP) is 4.32. The summed E-state index contributed by atoms with van der Waals surface area (Å²) in [6.45, 7) is 4.10. The van der Waals surface area contributed by atoms with Crippen LogP contribution in [-0.4, -0.2) is 11.5 Å². The summed E-state index contributed by atoms with van der Waals surface area (Å²) in [4.78, 5) is 11.2. The zero-order valence-electron chi connectivity index (χ0n) is 11.5. The average Bonchev–Trinajstić information content (AvgIpc) is 2.94. The van der Waals surface area contributed by atoms with Crippen LogP contribution in [-0.2, 0) is 5.41 Å². The van der Waals surface area contributed by atoms with E-state index in [1.54, 1.807) is 11.3 Å². The molecule has 0 saturated carbocycles. The van der Waals surface area contributed by atoms with Crippen molar-refractivity contribution >= 4 is 22.7 Å². The van der Waals surface area contributed by atoms with Crippen LogP contribution < -0.4 is 5.32 Å². The van der Waals surface area contributed by atoms with E-state index in [9.17, 15) is 18.9 Å². The lowest BCUT2D eigenvalue weighted by molar-refractivity contribution is -0.384. The van der Waals surface area contributed by atoms with Crippen LogP contribution in [0.2, 0.25) is 0 Å². The molecule has 0 amide bonds. The van der Waals surface area contributed by atoms with Crippen molar-refractivity contribution in [3.63, 3.8) is 0 Å². The first kappa shape index (κ1) is 15.4. The third kappa shape index (κ3) is 3.18. The smallest absolute Gasteiger partial charge is 0.295 e. The van der Waals surface area contributed by atoms with Crippen LogP contribution in [0.5, 0.6) is 0 Å². The van der Waals surface area contributed by atoms with Crippen LogP contribution in [0.3, 0.4) is 0 Å². The van der Waals surface area contributed by atoms with Gasteiger partial charge in [0, 0.05) is 22.9 Å². The van der Waals surface area contributed by atoms with Gasteiger partial charge in [0.25, 0.3) is 5.69 Å². The maximum Gasteiger partial charge on any atom is 0.295 e. The Bertz CT molecular complexity index is 657. The Balaban J connectivity index is 2.28. The molecular formula is C14H14F2N2O2S. The van der Waals surface area contributed by atoms with Gasteiger partial charge in [-0.15, -0.1) is 11.3 Å². The molecule has 0 fully saturated rings. The highest BCUT2D eigenvalue weighted by Crippen LogP contribution is 2.32. The van der Waals surface area contributed by atoms with Gasteiger partial charge in [0.15, 0.2) is 17.3 Å². The Morgan fingerprint density at radius 2 is 2.05 bits per heavy atom. The molecule has 7 heteroatoms. The molecule has 1 N–H and O–H groups in total. The van der Waals surface area contributed by atoms with Gasteiger partial charge in [-0.3, -0.25) is 10.1 Å². The number of hydrogen-bond donors (Lipinski definition) is 1. The van der Waals surface area contributed by atoms with Gasteiger partial charge in [-0.25, -0.2) is 8.78 Å². The number of nitrogens with zero attached hydrogens (tertiary/aromatic N) is 1. The second-order valence-electron chi connectivity index (χ2n) is 5.23. The normalized spacial score (nSPS) is 11.4. The number of thiophene rings is 1. The van der Waals surface area contributed by atoms with Crippen molar-refractivity contribution in [2.75, 3.05) is 11.9 Å². The fourth-order valence-electron chi connectivity index (χ4n) is 1.92. The second-order valence-corrected chi connectivity index (χ2v) is 6.18. The van der Waals surface area contributed by atoms with Crippen molar-refractivity contribution in [3.8, 4) is 0 Å². The Morgan fingerprint density at radius 1 is 1.33 bits per heavy atom. The quantitative estimate of drug-likeness (QED) is 0.660. The summed E-state index contributed by atoms with van der Waals surface area (Å²) < 4.78 is 27.1. The minimum atomic E-state index is -1.23. The monoisotopic (exact) mass is 312 g/mol. The van der Waals surface area contributed by atoms with E-state index in [1.165, 1.54) is 0 Å². The summed E-state index contributed by atoms with van der Waals surface area (Å²) in [5, 5.41) is 15.5. The van der Waals surface area contributed by atoms with E-state index >= 15 is 0 Å². The number of hydrogen-bond acceptors (Lipinski definition) is 4. The highest BCUT2D eigenvalue weighted by molar-refractivity contribution is 7.10. The molecule has 21 heavy (non-hydrogen) atoms. The summed E-state index contributed by atoms with van der Waals surface area (Å²) in [6, 6.07) is 5.54. The van der Waals surface area contributed by atoms with Crippen molar-refractivity contribution < 1.29 is 13.7 Å². The number of halogens is 2. The highest BCUT2D eigenvalue weighted by atomic mass is 32.1. The topological polar surface area (TPSA) is 55.2 Å². The van der Waals surface area contributed by atoms with Crippen molar-refractivity contribution in [2.45, 2.75) is 19.3 Å². The van der Waals surface area contributed by atoms with Crippen LogP contribution >= 0.6 is 11.3 Å². The minimum Gasteiger partial charge on any atom is -0.376 e. The molecule has 0 radical (unpaired) electrons. The number of nitro benzene ring substituents is 1. The van der Waals surface area contributed by atoms with E-state index in [4.69, 9.17) is 0 Å². The zero-order valence-corrected chi connectivity index (χ0v) is 12.3. The van der Waals surface area contributed by atoms with E-state index in [1.807, 2.05) is 31.4 Å². The summed E-state index contributed by atoms with van der Waals surface area (Å²) in [7, 11) is 0. The lowest BCUT2D eigenvalue weighted by atomic mass is 9.91. The Kier molecular flexibility index (Phi) is 4.22. The van der Waals surface area contributed by atoms with E-state index in [-0.39, 0.29) is 12.0 Å². The molecule has 0 atom stereocenters. The fourth-order valence-corrected chi connectivity index (χ4v) is 2.77. The van der Waals surface area contributed by atoms with Crippen LogP contribution in [0.1, 0.15) is 18.7 Å². The predicted molar refractivity (Wildman–Crippen MR) is 78.8 cm³/mol. The maximum absolute atomic E-state index is 13.8. The van der Waals surface area contributed by atoms with Gasteiger partial charge in [-0.2, -0.15) is 0 Å². The molecule has 0 unspecified atom stereocenters. The van der Waals surface area contributed by atoms with Crippen molar-refractivity contribution in [1.82, 2.24) is 0 Å². The first-order chi connectivity index (χ1) is 9.83. The molecule has 0 aliphatic heterocycles. The molecule has 1 aromatic heterocycles. The lowest BCUT2D eigenvalue weighted by Crippen LogP contribution is -2.27. The number of nitrogens with one attached hydrogen (secondary N) is 1. The summed E-state index contributed by atoms with van der Waals surface area (Å²) >= 11 is 1.54. The zero-order chi connectivity index (χ0) is 15.6. The van der Waals surface area contributed by atoms with Gasteiger partial charge in [-0.1, -0.05) is 19.9 Å². The van der Waals surface area contributed by atoms with E-state index in [0.29, 0.717) is 0 Å². The molecule has 2 rings (SSSR count). The van der Waals surface area contributed by atoms with Crippen molar-refractivity contribution in [2.24, 2.45) is 0 Å². The fraction of sp³-hybridized carbons (Fsp3) is 0.286. The average molecular weight is 312 g/mol. The van der Waals surface area contributed by atoms with Gasteiger partial charge in [0.2, 0.25) is 0 Å². The van der Waals surface area contributed by atoms with E-state index in [0.717, 1.165) is 17.0 Å². The SMILES string of the molecule is CC(C)(CNc1c([N+](=O)[O-])ccc(F)c1F)c1cccs1. The van der Waals surface area contributed by atoms with Gasteiger partial charge in [0.05, 0.1) is 4.92 Å². The molecule has 2 aromatic rings. The summed E-state index contributed by atoms with van der Waals surface area (Å²) in [5.74, 6) is -2.34. The highest BCUT2D eigenvalue weighted by Gasteiger charge is 2.26. The molecule has 1 aromatic carbocycles. The third-order valence-electron chi connectivity index (χ3n) is 3.16. The molecule has 0 saturated heterocycles. The van der Waals surface area contributed by atoms with Gasteiger partial charge >= 0.3 is 0 Å². The number of anilines is 1. The Hall–Kier alpha value is -2.02. The van der Waals surface area contributed by atoms with Crippen LogP contribution in [0.4, 0.5) is 20.2 Å². The summed E-state index contributed by atoms with van der Waals surface area (Å²) in [5.41, 5.74) is -1.25. The lowest BCUT2D eigenvalue weighted by Gasteiger charge is -2.24. The van der Waals surface area contributed by atoms with Crippen molar-refractivity contribution in [3.05, 3.63) is 56.3 Å². The minimum absolute atomic E-state index is 0.245. The number of rotatable bonds is 5. The second kappa shape index (κ2) is 5.77. The molecule has 0 aliphatic carbocycles. The van der Waals surface area contributed by atoms with Crippen LogP contribution in [0.25, 0.3) is 0 Å². The molecule has 0 spiro atoms. The number of nitro groups is 1. The molecule has 0 bridgehead atoms. The molecular weight excluding hydrogens is 298 g/mol. The standard InChI is InChI=1S/C14H14F2N2O2S/c1-14(2,11-4-3-7-21-11)8-17-13-10(18(19)20)6-5-9(15)12(13)16/h3-7,17H,8H2,1-2H3. The summed E-state index contributed by atoms with van der Waals surface area (Å²) in [6.07, 6.45) is 0. The largest absolute Gasteiger partial charge is 0.376 e. The van der Waals surface area contributed by atoms with Gasteiger partial charge in [0.1, 0.15) is 0 Å². The molecule has 4 nitrogen and oxygen atoms in total. The van der Waals surface area contributed by atoms with E-state index in [2.05, 4.69) is 5.32 Å². The maximum atomic E-state index is 13.8. The Morgan fingerprint density at radius 3 is 2.62 bits per heavy atom. The van der Waals surface area contributed by atoms with Crippen LogP contribution in [0, 0.1) is 21.7 Å². The number of benzene rings is 1. The third-order valence-corrected chi connectivity index (χ3v) is 4.40. The van der Waals surface area contributed by atoms with Gasteiger partial charge < -0.3 is 5.32 Å². The van der Waals surface area contributed by atoms with E-state index < -0.39 is 27.9 Å². The van der Waals surface area contributed by atoms with Crippen LogP contribution in [0.15, 0.2) is 29.6 Å². The Labute approximate surface area is 124 Å². The first-order valence-corrected chi connectivity index (χ1v) is 7.11. The molecule has 0 aliphatic rings. The van der Waals surface area contributed by atoms with Gasteiger partial charge in [-0.05, 0) is 17.5 Å². The first-order valence-electron chi connectivity index (χ1n) is 6.23. The molecule has 112 valence electrons. The molecule has 1 heterocycles. The van der Waals surface area contributed by atoms with Crippen molar-refractivity contribution in [1.29, 1.82) is 0 Å².